The second-order valence-electron chi connectivity index (χ2n) is 15.0. The van der Waals surface area contributed by atoms with Gasteiger partial charge in [0.25, 0.3) is 21.9 Å². The first-order valence-corrected chi connectivity index (χ1v) is 22.0. The van der Waals surface area contributed by atoms with E-state index in [0.29, 0.717) is 53.2 Å². The fourth-order valence-electron chi connectivity index (χ4n) is 7.30. The van der Waals surface area contributed by atoms with Gasteiger partial charge in [0.1, 0.15) is 6.61 Å². The molecule has 0 saturated carbocycles. The van der Waals surface area contributed by atoms with E-state index in [9.17, 15) is 41.7 Å². The zero-order valence-corrected chi connectivity index (χ0v) is 34.0. The summed E-state index contributed by atoms with van der Waals surface area (Å²) in [6, 6.07) is 9.36. The lowest BCUT2D eigenvalue weighted by molar-refractivity contribution is -0.177. The van der Waals surface area contributed by atoms with Crippen molar-refractivity contribution in [3.05, 3.63) is 47.5 Å². The minimum Gasteiger partial charge on any atom is -0.481 e. The molecule has 16 heteroatoms. The number of nitrogens with one attached hydrogen (secondary N) is 2. The molecule has 0 radical (unpaired) electrons. The second kappa shape index (κ2) is 23.5. The van der Waals surface area contributed by atoms with Gasteiger partial charge in [-0.2, -0.15) is 8.42 Å². The molecule has 318 valence electrons. The number of fused-ring (bicyclic) bond motifs is 3. The predicted molar refractivity (Wildman–Crippen MR) is 214 cm³/mol. The van der Waals surface area contributed by atoms with Crippen LogP contribution in [0.2, 0.25) is 0 Å². The zero-order valence-electron chi connectivity index (χ0n) is 33.1. The lowest BCUT2D eigenvalue weighted by Gasteiger charge is -2.17. The zero-order chi connectivity index (χ0) is 41.9. The summed E-state index contributed by atoms with van der Waals surface area (Å²) in [5.74, 6) is -2.89. The van der Waals surface area contributed by atoms with E-state index in [1.165, 1.54) is 50.7 Å². The Morgan fingerprint density at radius 1 is 0.672 bits per heavy atom. The minimum absolute atomic E-state index is 0.0785. The molecule has 4 amide bonds. The van der Waals surface area contributed by atoms with Crippen LogP contribution in [0, 0.1) is 0 Å². The van der Waals surface area contributed by atoms with Crippen molar-refractivity contribution in [3.63, 3.8) is 0 Å². The van der Waals surface area contributed by atoms with E-state index in [4.69, 9.17) is 14.7 Å². The maximum atomic E-state index is 12.8. The van der Waals surface area contributed by atoms with Gasteiger partial charge in [-0.15, -0.1) is 0 Å². The molecule has 0 spiro atoms. The minimum atomic E-state index is -4.54. The van der Waals surface area contributed by atoms with Crippen LogP contribution < -0.4 is 10.6 Å². The SMILES string of the molecule is O=C(O)CCCCCNC(=O)CCCCCCCCCCCCCCCC(=O)Nc1ccc2c(c1)C(COC(=O)ON1C(=O)CCC1=O)c1cc(S(=O)(=O)O)ccc1-2. The van der Waals surface area contributed by atoms with E-state index in [-0.39, 0.29) is 42.6 Å². The number of hydrogen-bond acceptors (Lipinski definition) is 10. The van der Waals surface area contributed by atoms with Gasteiger partial charge in [0.2, 0.25) is 11.8 Å². The number of aliphatic carboxylic acids is 1. The van der Waals surface area contributed by atoms with Gasteiger partial charge in [0.05, 0.1) is 4.90 Å². The molecule has 4 N–H and O–H groups in total. The third-order valence-corrected chi connectivity index (χ3v) is 11.3. The Kier molecular flexibility index (Phi) is 18.6. The van der Waals surface area contributed by atoms with E-state index in [0.717, 1.165) is 63.4 Å². The highest BCUT2D eigenvalue weighted by Crippen LogP contribution is 2.46. The van der Waals surface area contributed by atoms with Gasteiger partial charge in [-0.05, 0) is 72.2 Å². The Morgan fingerprint density at radius 3 is 1.74 bits per heavy atom. The molecule has 2 aliphatic rings. The number of benzene rings is 2. The number of amides is 4. The van der Waals surface area contributed by atoms with Crippen LogP contribution in [0.15, 0.2) is 41.3 Å². The van der Waals surface area contributed by atoms with E-state index in [2.05, 4.69) is 10.6 Å². The highest BCUT2D eigenvalue weighted by atomic mass is 32.2. The average Bonchev–Trinajstić information content (AvgIpc) is 3.66. The van der Waals surface area contributed by atoms with Gasteiger partial charge in [-0.1, -0.05) is 94.2 Å². The molecule has 2 aromatic rings. The molecular formula is C42H57N3O12S. The Hall–Kier alpha value is -4.83. The van der Waals surface area contributed by atoms with Crippen LogP contribution in [0.3, 0.4) is 0 Å². The number of hydroxylamine groups is 2. The summed E-state index contributed by atoms with van der Waals surface area (Å²) in [4.78, 5) is 75.9. The van der Waals surface area contributed by atoms with Crippen molar-refractivity contribution in [2.45, 2.75) is 146 Å². The highest BCUT2D eigenvalue weighted by Gasteiger charge is 2.35. The normalized spacial score (nSPS) is 14.6. The molecule has 4 rings (SSSR count). The van der Waals surface area contributed by atoms with Crippen molar-refractivity contribution < 1.29 is 56.4 Å². The first kappa shape index (κ1) is 45.9. The van der Waals surface area contributed by atoms with Gasteiger partial charge in [-0.3, -0.25) is 33.4 Å². The fourth-order valence-corrected chi connectivity index (χ4v) is 7.82. The smallest absolute Gasteiger partial charge is 0.481 e. The number of unbranched alkanes of at least 4 members (excludes halogenated alkanes) is 14. The molecule has 15 nitrogen and oxygen atoms in total. The number of hydrogen-bond donors (Lipinski definition) is 4. The summed E-state index contributed by atoms with van der Waals surface area (Å²) >= 11 is 0. The summed E-state index contributed by atoms with van der Waals surface area (Å²) < 4.78 is 38.8. The van der Waals surface area contributed by atoms with Crippen LogP contribution in [0.1, 0.15) is 152 Å². The molecule has 0 aromatic heterocycles. The lowest BCUT2D eigenvalue weighted by atomic mass is 9.97. The highest BCUT2D eigenvalue weighted by molar-refractivity contribution is 7.85. The van der Waals surface area contributed by atoms with Crippen molar-refractivity contribution in [2.24, 2.45) is 0 Å². The quantitative estimate of drug-likeness (QED) is 0.0293. The Labute approximate surface area is 340 Å². The van der Waals surface area contributed by atoms with Crippen LogP contribution in [-0.2, 0) is 43.7 Å². The summed E-state index contributed by atoms with van der Waals surface area (Å²) in [7, 11) is -4.54. The summed E-state index contributed by atoms with van der Waals surface area (Å²) in [6.45, 7) is 0.273. The number of carboxylic acids is 1. The summed E-state index contributed by atoms with van der Waals surface area (Å²) in [6.07, 6.45) is 16.0. The predicted octanol–water partition coefficient (Wildman–Crippen LogP) is 7.81. The molecule has 1 aliphatic heterocycles. The molecule has 1 heterocycles. The average molecular weight is 828 g/mol. The molecule has 1 aliphatic carbocycles. The van der Waals surface area contributed by atoms with Gasteiger partial charge >= 0.3 is 12.1 Å². The fraction of sp³-hybridized carbons (Fsp3) is 0.571. The molecule has 0 bridgehead atoms. The Bertz CT molecular complexity index is 1850. The summed E-state index contributed by atoms with van der Waals surface area (Å²) in [5, 5.41) is 14.8. The number of rotatable bonds is 27. The van der Waals surface area contributed by atoms with E-state index in [1.807, 2.05) is 0 Å². The number of carbonyl (C=O) groups is 6. The van der Waals surface area contributed by atoms with Crippen molar-refractivity contribution in [1.29, 1.82) is 0 Å². The first-order chi connectivity index (χ1) is 27.8. The largest absolute Gasteiger partial charge is 0.533 e. The maximum absolute atomic E-state index is 12.8. The number of nitrogens with zero attached hydrogens (tertiary/aromatic N) is 1. The van der Waals surface area contributed by atoms with Crippen LogP contribution in [-0.4, -0.2) is 72.0 Å². The third kappa shape index (κ3) is 15.2. The van der Waals surface area contributed by atoms with Crippen LogP contribution in [0.4, 0.5) is 10.5 Å². The van der Waals surface area contributed by atoms with E-state index < -0.39 is 40.0 Å². The van der Waals surface area contributed by atoms with Crippen molar-refractivity contribution in [1.82, 2.24) is 10.4 Å². The van der Waals surface area contributed by atoms with Crippen molar-refractivity contribution in [3.8, 4) is 11.1 Å². The van der Waals surface area contributed by atoms with Crippen LogP contribution >= 0.6 is 0 Å². The number of ether oxygens (including phenoxy) is 1. The second-order valence-corrected chi connectivity index (χ2v) is 16.4. The van der Waals surface area contributed by atoms with Crippen molar-refractivity contribution >= 4 is 51.6 Å². The Balaban J connectivity index is 1.08. The Morgan fingerprint density at radius 2 is 1.17 bits per heavy atom. The number of carboxylic acid groups (broad SMARTS) is 1. The summed E-state index contributed by atoms with van der Waals surface area (Å²) in [5.41, 5.74) is 2.98. The van der Waals surface area contributed by atoms with E-state index in [1.54, 1.807) is 24.3 Å². The monoisotopic (exact) mass is 827 g/mol. The van der Waals surface area contributed by atoms with Gasteiger partial charge < -0.3 is 20.5 Å². The van der Waals surface area contributed by atoms with Gasteiger partial charge in [0, 0.05) is 50.3 Å². The topological polar surface area (TPSA) is 223 Å². The molecule has 2 aromatic carbocycles. The molecule has 1 fully saturated rings. The third-order valence-electron chi connectivity index (χ3n) is 10.4. The van der Waals surface area contributed by atoms with Crippen LogP contribution in [0.5, 0.6) is 0 Å². The maximum Gasteiger partial charge on any atom is 0.533 e. The van der Waals surface area contributed by atoms with E-state index >= 15 is 0 Å². The van der Waals surface area contributed by atoms with Gasteiger partial charge in [-0.25, -0.2) is 4.79 Å². The number of anilines is 1. The molecule has 58 heavy (non-hydrogen) atoms. The standard InChI is InChI=1S/C42H57N3O12S/c46-37(43-26-16-12-15-19-41(50)51)17-13-10-8-6-4-2-1-3-5-7-9-11-14-18-38(47)44-30-20-22-32-33-23-21-31(58(53,54)55)28-35(33)36(34(32)27-30)29-56-42(52)57-45-39(48)24-25-40(45)49/h20-23,27-28,36H,1-19,24-26,29H2,(H,43,46)(H,44,47)(H,50,51)(H,53,54,55). The molecule has 1 unspecified atom stereocenters. The van der Waals surface area contributed by atoms with Crippen molar-refractivity contribution in [2.75, 3.05) is 18.5 Å². The lowest BCUT2D eigenvalue weighted by Crippen LogP contribution is -2.32. The molecule has 1 saturated heterocycles. The number of carbonyl (C=O) groups excluding carboxylic acids is 5. The number of imide groups is 1. The van der Waals surface area contributed by atoms with Crippen LogP contribution in [0.25, 0.3) is 11.1 Å². The van der Waals surface area contributed by atoms with Gasteiger partial charge in [0.15, 0.2) is 0 Å². The first-order valence-electron chi connectivity index (χ1n) is 20.6. The molecular weight excluding hydrogens is 771 g/mol. The molecule has 1 atom stereocenters.